The van der Waals surface area contributed by atoms with E-state index < -0.39 is 0 Å². The van der Waals surface area contributed by atoms with E-state index >= 15 is 0 Å². The molecule has 0 saturated carbocycles. The van der Waals surface area contributed by atoms with E-state index in [2.05, 4.69) is 15.2 Å². The molecule has 1 aromatic heterocycles. The molecule has 1 heterocycles. The van der Waals surface area contributed by atoms with Gasteiger partial charge in [-0.05, 0) is 48.0 Å². The molecule has 0 unspecified atom stereocenters. The highest BCUT2D eigenvalue weighted by Gasteiger charge is 2.07. The maximum absolute atomic E-state index is 12.3. The van der Waals surface area contributed by atoms with E-state index in [0.717, 1.165) is 16.9 Å². The Hall–Kier alpha value is -3.60. The predicted octanol–water partition coefficient (Wildman–Crippen LogP) is 5.17. The van der Waals surface area contributed by atoms with Crippen molar-refractivity contribution in [2.75, 3.05) is 11.9 Å². The lowest BCUT2D eigenvalue weighted by molar-refractivity contribution is -0.113. The van der Waals surface area contributed by atoms with Crippen LogP contribution in [0, 0.1) is 0 Å². The summed E-state index contributed by atoms with van der Waals surface area (Å²) in [6.07, 6.45) is 6.70. The molecule has 26 heavy (non-hydrogen) atoms. The Morgan fingerprint density at radius 2 is 1.50 bits per heavy atom. The standard InChI is InChI=1S/C21H18N4O/c1-25(21(26)12-7-17-5-3-2-4-6-17)20-10-8-18(9-11-20)23-24-19-13-15-22-16-14-19/h2-16H,1H3/b12-7+,24-23?. The van der Waals surface area contributed by atoms with E-state index in [1.807, 2.05) is 54.6 Å². The van der Waals surface area contributed by atoms with E-state index in [-0.39, 0.29) is 5.91 Å². The topological polar surface area (TPSA) is 57.9 Å². The highest BCUT2D eigenvalue weighted by atomic mass is 16.2. The van der Waals surface area contributed by atoms with E-state index in [1.54, 1.807) is 48.6 Å². The van der Waals surface area contributed by atoms with Crippen LogP contribution in [0.4, 0.5) is 17.1 Å². The number of carbonyl (C=O) groups is 1. The number of amides is 1. The molecule has 5 nitrogen and oxygen atoms in total. The second-order valence-corrected chi connectivity index (χ2v) is 5.56. The maximum atomic E-state index is 12.3. The van der Waals surface area contributed by atoms with Crippen LogP contribution in [0.2, 0.25) is 0 Å². The molecule has 2 aromatic carbocycles. The van der Waals surface area contributed by atoms with E-state index in [4.69, 9.17) is 0 Å². The second-order valence-electron chi connectivity index (χ2n) is 5.56. The normalized spacial score (nSPS) is 11.1. The number of nitrogens with zero attached hydrogens (tertiary/aromatic N) is 4. The van der Waals surface area contributed by atoms with Gasteiger partial charge in [-0.2, -0.15) is 10.2 Å². The lowest BCUT2D eigenvalue weighted by atomic mass is 10.2. The zero-order valence-electron chi connectivity index (χ0n) is 14.4. The Morgan fingerprint density at radius 1 is 0.885 bits per heavy atom. The highest BCUT2D eigenvalue weighted by molar-refractivity contribution is 6.03. The fourth-order valence-electron chi connectivity index (χ4n) is 2.24. The lowest BCUT2D eigenvalue weighted by Gasteiger charge is -2.15. The molecule has 0 aliphatic carbocycles. The van der Waals surface area contributed by atoms with Gasteiger partial charge in [-0.15, -0.1) is 0 Å². The number of aromatic nitrogens is 1. The molecule has 3 rings (SSSR count). The Balaban J connectivity index is 1.65. The molecular formula is C21H18N4O. The van der Waals surface area contributed by atoms with Crippen LogP contribution < -0.4 is 4.90 Å². The van der Waals surface area contributed by atoms with Gasteiger partial charge in [0.15, 0.2) is 0 Å². The highest BCUT2D eigenvalue weighted by Crippen LogP contribution is 2.21. The first kappa shape index (κ1) is 17.2. The van der Waals surface area contributed by atoms with Crippen molar-refractivity contribution in [3.63, 3.8) is 0 Å². The minimum absolute atomic E-state index is 0.0972. The molecule has 0 atom stereocenters. The van der Waals surface area contributed by atoms with Gasteiger partial charge in [0.1, 0.15) is 0 Å². The monoisotopic (exact) mass is 342 g/mol. The SMILES string of the molecule is CN(C(=O)/C=C/c1ccccc1)c1ccc(N=Nc2ccncc2)cc1. The average Bonchev–Trinajstić information content (AvgIpc) is 2.72. The first-order valence-electron chi connectivity index (χ1n) is 8.15. The van der Waals surface area contributed by atoms with Crippen LogP contribution >= 0.6 is 0 Å². The number of hydrogen-bond donors (Lipinski definition) is 0. The molecule has 0 radical (unpaired) electrons. The summed E-state index contributed by atoms with van der Waals surface area (Å²) in [5.41, 5.74) is 3.23. The summed E-state index contributed by atoms with van der Waals surface area (Å²) >= 11 is 0. The number of anilines is 1. The number of rotatable bonds is 5. The molecule has 3 aromatic rings. The van der Waals surface area contributed by atoms with Gasteiger partial charge < -0.3 is 4.90 Å². The van der Waals surface area contributed by atoms with Gasteiger partial charge in [0.2, 0.25) is 0 Å². The predicted molar refractivity (Wildman–Crippen MR) is 104 cm³/mol. The van der Waals surface area contributed by atoms with Crippen molar-refractivity contribution in [3.8, 4) is 0 Å². The molecular weight excluding hydrogens is 324 g/mol. The summed E-state index contributed by atoms with van der Waals surface area (Å²) in [6, 6.07) is 20.6. The third-order valence-electron chi connectivity index (χ3n) is 3.73. The first-order chi connectivity index (χ1) is 12.7. The Bertz CT molecular complexity index is 904. The van der Waals surface area contributed by atoms with Crippen molar-refractivity contribution in [2.24, 2.45) is 10.2 Å². The molecule has 0 aliphatic rings. The summed E-state index contributed by atoms with van der Waals surface area (Å²) in [5, 5.41) is 8.32. The summed E-state index contributed by atoms with van der Waals surface area (Å²) in [5.74, 6) is -0.0972. The van der Waals surface area contributed by atoms with E-state index in [9.17, 15) is 4.79 Å². The summed E-state index contributed by atoms with van der Waals surface area (Å²) in [6.45, 7) is 0. The molecule has 0 N–H and O–H groups in total. The van der Waals surface area contributed by atoms with Gasteiger partial charge in [0.25, 0.3) is 5.91 Å². The van der Waals surface area contributed by atoms with Crippen LogP contribution in [0.15, 0.2) is 95.4 Å². The minimum Gasteiger partial charge on any atom is -0.312 e. The number of likely N-dealkylation sites (N-methyl/N-ethyl adjacent to an activating group) is 1. The van der Waals surface area contributed by atoms with Crippen molar-refractivity contribution >= 4 is 29.0 Å². The van der Waals surface area contributed by atoms with E-state index in [1.165, 1.54) is 0 Å². The fraction of sp³-hybridized carbons (Fsp3) is 0.0476. The third-order valence-corrected chi connectivity index (χ3v) is 3.73. The van der Waals surface area contributed by atoms with Crippen molar-refractivity contribution in [2.45, 2.75) is 0 Å². The lowest BCUT2D eigenvalue weighted by Crippen LogP contribution is -2.23. The Labute approximate surface area is 152 Å². The summed E-state index contributed by atoms with van der Waals surface area (Å²) in [4.78, 5) is 17.8. The quantitative estimate of drug-likeness (QED) is 0.474. The number of pyridine rings is 1. The molecule has 128 valence electrons. The zero-order chi connectivity index (χ0) is 18.2. The number of benzene rings is 2. The van der Waals surface area contributed by atoms with Gasteiger partial charge in [-0.1, -0.05) is 30.3 Å². The molecule has 0 aliphatic heterocycles. The van der Waals surface area contributed by atoms with Gasteiger partial charge in [-0.25, -0.2) is 0 Å². The molecule has 0 spiro atoms. The van der Waals surface area contributed by atoms with Crippen molar-refractivity contribution < 1.29 is 4.79 Å². The van der Waals surface area contributed by atoms with Crippen LogP contribution in [0.25, 0.3) is 6.08 Å². The number of carbonyl (C=O) groups excluding carboxylic acids is 1. The van der Waals surface area contributed by atoms with Crippen molar-refractivity contribution in [3.05, 3.63) is 90.8 Å². The molecule has 0 saturated heterocycles. The number of hydrogen-bond acceptors (Lipinski definition) is 4. The average molecular weight is 342 g/mol. The summed E-state index contributed by atoms with van der Waals surface area (Å²) < 4.78 is 0. The molecule has 5 heteroatoms. The van der Waals surface area contributed by atoms with E-state index in [0.29, 0.717) is 5.69 Å². The third kappa shape index (κ3) is 4.70. The van der Waals surface area contributed by atoms with Crippen molar-refractivity contribution in [1.29, 1.82) is 0 Å². The molecule has 1 amide bonds. The van der Waals surface area contributed by atoms with Crippen LogP contribution in [0.1, 0.15) is 5.56 Å². The van der Waals surface area contributed by atoms with Crippen LogP contribution in [0.5, 0.6) is 0 Å². The molecule has 0 bridgehead atoms. The Kier molecular flexibility index (Phi) is 5.62. The van der Waals surface area contributed by atoms with Crippen LogP contribution in [-0.2, 0) is 4.79 Å². The van der Waals surface area contributed by atoms with Gasteiger partial charge in [-0.3, -0.25) is 9.78 Å². The maximum Gasteiger partial charge on any atom is 0.250 e. The van der Waals surface area contributed by atoms with Crippen LogP contribution in [-0.4, -0.2) is 17.9 Å². The second kappa shape index (κ2) is 8.48. The minimum atomic E-state index is -0.0972. The van der Waals surface area contributed by atoms with Gasteiger partial charge in [0.05, 0.1) is 11.4 Å². The van der Waals surface area contributed by atoms with Crippen molar-refractivity contribution in [1.82, 2.24) is 4.98 Å². The number of azo groups is 1. The first-order valence-corrected chi connectivity index (χ1v) is 8.15. The molecule has 0 fully saturated rings. The van der Waals surface area contributed by atoms with Crippen LogP contribution in [0.3, 0.4) is 0 Å². The Morgan fingerprint density at radius 3 is 2.15 bits per heavy atom. The smallest absolute Gasteiger partial charge is 0.250 e. The van der Waals surface area contributed by atoms with Gasteiger partial charge >= 0.3 is 0 Å². The van der Waals surface area contributed by atoms with Gasteiger partial charge in [0, 0.05) is 31.2 Å². The largest absolute Gasteiger partial charge is 0.312 e. The summed E-state index contributed by atoms with van der Waals surface area (Å²) in [7, 11) is 1.74. The zero-order valence-corrected chi connectivity index (χ0v) is 14.4. The fourth-order valence-corrected chi connectivity index (χ4v) is 2.24.